The number of nitrogens with one attached hydrogen (secondary N) is 1. The number of benzene rings is 3. The van der Waals surface area contributed by atoms with Crippen molar-refractivity contribution in [2.45, 2.75) is 69.2 Å². The fraction of sp³-hybridized carbons (Fsp3) is 0.375. The standard InChI is InChI=1S/C32H39NO3S/c1-2-3-4-5-6-7-11-18-31(34)33-29(22-28(32(35)36)21-25-14-9-8-10-15-25)24-37-30-20-19-26-16-12-13-17-27(26)23-30/h7-17,19-20,23,28-29H,2-6,18,21-22,24H2,1H3,(H,33,34)(H,35,36)/t28?,29-/m0/s1. The second-order valence-electron chi connectivity index (χ2n) is 9.57. The first-order chi connectivity index (χ1) is 18.0. The zero-order chi connectivity index (χ0) is 26.3. The van der Waals surface area contributed by atoms with E-state index >= 15 is 0 Å². The molecule has 196 valence electrons. The maximum Gasteiger partial charge on any atom is 0.306 e. The molecule has 1 unspecified atom stereocenters. The van der Waals surface area contributed by atoms with Crippen molar-refractivity contribution in [1.82, 2.24) is 5.32 Å². The number of thioether (sulfide) groups is 1. The van der Waals surface area contributed by atoms with E-state index in [9.17, 15) is 14.7 Å². The third-order valence-corrected chi connectivity index (χ3v) is 7.63. The molecular formula is C32H39NO3S. The van der Waals surface area contributed by atoms with E-state index in [1.54, 1.807) is 11.8 Å². The SMILES string of the molecule is CCCCCCC=CCC(=O)N[C@H](CSc1ccc2ccccc2c1)CC(Cc1ccccc1)C(=O)O. The van der Waals surface area contributed by atoms with Crippen LogP contribution in [0.5, 0.6) is 0 Å². The van der Waals surface area contributed by atoms with E-state index in [4.69, 9.17) is 0 Å². The summed E-state index contributed by atoms with van der Waals surface area (Å²) in [5.74, 6) is -0.841. The number of rotatable bonds is 16. The number of allylic oxidation sites excluding steroid dienone is 1. The lowest BCUT2D eigenvalue weighted by molar-refractivity contribution is -0.142. The Labute approximate surface area is 225 Å². The summed E-state index contributed by atoms with van der Waals surface area (Å²) in [4.78, 5) is 26.0. The number of fused-ring (bicyclic) bond motifs is 1. The highest BCUT2D eigenvalue weighted by Gasteiger charge is 2.24. The van der Waals surface area contributed by atoms with Gasteiger partial charge >= 0.3 is 5.97 Å². The van der Waals surface area contributed by atoms with Crippen LogP contribution in [0.15, 0.2) is 89.8 Å². The molecule has 0 aromatic heterocycles. The predicted octanol–water partition coefficient (Wildman–Crippen LogP) is 7.67. The number of carbonyl (C=O) groups excluding carboxylic acids is 1. The van der Waals surface area contributed by atoms with Gasteiger partial charge in [0.25, 0.3) is 0 Å². The summed E-state index contributed by atoms with van der Waals surface area (Å²) in [6, 6.07) is 24.0. The van der Waals surface area contributed by atoms with Gasteiger partial charge in [0.05, 0.1) is 5.92 Å². The molecule has 0 bridgehead atoms. The average Bonchev–Trinajstić information content (AvgIpc) is 2.91. The highest BCUT2D eigenvalue weighted by molar-refractivity contribution is 7.99. The fourth-order valence-corrected chi connectivity index (χ4v) is 5.41. The van der Waals surface area contributed by atoms with Gasteiger partial charge < -0.3 is 10.4 Å². The van der Waals surface area contributed by atoms with Crippen molar-refractivity contribution in [3.8, 4) is 0 Å². The third kappa shape index (κ3) is 10.5. The van der Waals surface area contributed by atoms with E-state index in [2.05, 4.69) is 48.6 Å². The molecule has 3 aromatic rings. The first kappa shape index (κ1) is 28.5. The van der Waals surface area contributed by atoms with Crippen LogP contribution in [0, 0.1) is 5.92 Å². The van der Waals surface area contributed by atoms with Crippen LogP contribution >= 0.6 is 11.8 Å². The van der Waals surface area contributed by atoms with E-state index < -0.39 is 11.9 Å². The van der Waals surface area contributed by atoms with Gasteiger partial charge in [0, 0.05) is 23.1 Å². The van der Waals surface area contributed by atoms with E-state index in [0.717, 1.165) is 23.3 Å². The third-order valence-electron chi connectivity index (χ3n) is 6.47. The van der Waals surface area contributed by atoms with Gasteiger partial charge in [-0.2, -0.15) is 0 Å². The molecule has 37 heavy (non-hydrogen) atoms. The average molecular weight is 518 g/mol. The van der Waals surface area contributed by atoms with Crippen molar-refractivity contribution >= 4 is 34.4 Å². The maximum absolute atomic E-state index is 12.8. The van der Waals surface area contributed by atoms with Gasteiger partial charge in [0.15, 0.2) is 0 Å². The number of hydrogen-bond donors (Lipinski definition) is 2. The number of unbranched alkanes of at least 4 members (excludes halogenated alkanes) is 4. The molecule has 0 spiro atoms. The molecule has 1 amide bonds. The minimum absolute atomic E-state index is 0.0576. The van der Waals surface area contributed by atoms with Crippen LogP contribution in [0.2, 0.25) is 0 Å². The van der Waals surface area contributed by atoms with Crippen LogP contribution in [-0.2, 0) is 16.0 Å². The Morgan fingerprint density at radius 3 is 2.43 bits per heavy atom. The highest BCUT2D eigenvalue weighted by atomic mass is 32.2. The highest BCUT2D eigenvalue weighted by Crippen LogP contribution is 2.26. The molecule has 0 aliphatic heterocycles. The summed E-state index contributed by atoms with van der Waals surface area (Å²) in [7, 11) is 0. The first-order valence-corrected chi connectivity index (χ1v) is 14.4. The molecule has 0 radical (unpaired) electrons. The summed E-state index contributed by atoms with van der Waals surface area (Å²) in [6.07, 6.45) is 11.0. The summed E-state index contributed by atoms with van der Waals surface area (Å²) >= 11 is 1.66. The molecule has 0 saturated carbocycles. The first-order valence-electron chi connectivity index (χ1n) is 13.4. The van der Waals surface area contributed by atoms with Crippen LogP contribution in [0.3, 0.4) is 0 Å². The number of carboxylic acid groups (broad SMARTS) is 1. The van der Waals surface area contributed by atoms with Gasteiger partial charge in [0.1, 0.15) is 0 Å². The summed E-state index contributed by atoms with van der Waals surface area (Å²) in [5, 5.41) is 15.4. The molecular weight excluding hydrogens is 478 g/mol. The zero-order valence-electron chi connectivity index (χ0n) is 21.8. The van der Waals surface area contributed by atoms with Crippen LogP contribution in [0.25, 0.3) is 10.8 Å². The lowest BCUT2D eigenvalue weighted by atomic mass is 9.93. The van der Waals surface area contributed by atoms with E-state index in [-0.39, 0.29) is 11.9 Å². The Hall–Kier alpha value is -3.05. The fourth-order valence-electron chi connectivity index (χ4n) is 4.42. The number of amides is 1. The molecule has 4 nitrogen and oxygen atoms in total. The molecule has 2 atom stereocenters. The van der Waals surface area contributed by atoms with Crippen molar-refractivity contribution in [2.24, 2.45) is 5.92 Å². The van der Waals surface area contributed by atoms with Crippen molar-refractivity contribution in [3.05, 3.63) is 90.5 Å². The van der Waals surface area contributed by atoms with Crippen LogP contribution < -0.4 is 5.32 Å². The van der Waals surface area contributed by atoms with Gasteiger partial charge in [-0.3, -0.25) is 9.59 Å². The number of aliphatic carboxylic acids is 1. The van der Waals surface area contributed by atoms with Crippen molar-refractivity contribution in [3.63, 3.8) is 0 Å². The molecule has 3 rings (SSSR count). The molecule has 0 aliphatic carbocycles. The second-order valence-corrected chi connectivity index (χ2v) is 10.7. The number of carboxylic acids is 1. The zero-order valence-corrected chi connectivity index (χ0v) is 22.6. The monoisotopic (exact) mass is 517 g/mol. The minimum Gasteiger partial charge on any atom is -0.481 e. The molecule has 5 heteroatoms. The maximum atomic E-state index is 12.8. The summed E-state index contributed by atoms with van der Waals surface area (Å²) in [5.41, 5.74) is 0.994. The van der Waals surface area contributed by atoms with E-state index in [0.29, 0.717) is 25.0 Å². The van der Waals surface area contributed by atoms with Gasteiger partial charge in [-0.1, -0.05) is 99.0 Å². The van der Waals surface area contributed by atoms with Crippen LogP contribution in [-0.4, -0.2) is 28.8 Å². The Kier molecular flexibility index (Phi) is 12.3. The van der Waals surface area contributed by atoms with Crippen LogP contribution in [0.4, 0.5) is 0 Å². The Balaban J connectivity index is 1.63. The Morgan fingerprint density at radius 1 is 0.919 bits per heavy atom. The number of hydrogen-bond acceptors (Lipinski definition) is 3. The van der Waals surface area contributed by atoms with Gasteiger partial charge in [-0.15, -0.1) is 11.8 Å². The molecule has 0 aliphatic rings. The van der Waals surface area contributed by atoms with Gasteiger partial charge in [-0.25, -0.2) is 0 Å². The predicted molar refractivity (Wildman–Crippen MR) is 155 cm³/mol. The Bertz CT molecular complexity index is 1140. The van der Waals surface area contributed by atoms with E-state index in [1.165, 1.54) is 30.0 Å². The molecule has 0 fully saturated rings. The minimum atomic E-state index is -0.828. The quantitative estimate of drug-likeness (QED) is 0.116. The topological polar surface area (TPSA) is 66.4 Å². The van der Waals surface area contributed by atoms with Gasteiger partial charge in [-0.05, 0) is 54.2 Å². The summed E-state index contributed by atoms with van der Waals surface area (Å²) < 4.78 is 0. The lowest BCUT2D eigenvalue weighted by Crippen LogP contribution is -2.39. The van der Waals surface area contributed by atoms with Crippen molar-refractivity contribution < 1.29 is 14.7 Å². The lowest BCUT2D eigenvalue weighted by Gasteiger charge is -2.22. The van der Waals surface area contributed by atoms with Gasteiger partial charge in [0.2, 0.25) is 5.91 Å². The van der Waals surface area contributed by atoms with Crippen molar-refractivity contribution in [1.29, 1.82) is 0 Å². The van der Waals surface area contributed by atoms with E-state index in [1.807, 2.05) is 48.5 Å². The molecule has 2 N–H and O–H groups in total. The molecule has 0 saturated heterocycles. The Morgan fingerprint density at radius 2 is 1.68 bits per heavy atom. The van der Waals surface area contributed by atoms with Crippen LogP contribution in [0.1, 0.15) is 57.4 Å². The van der Waals surface area contributed by atoms with Crippen molar-refractivity contribution in [2.75, 3.05) is 5.75 Å². The second kappa shape index (κ2) is 15.9. The summed E-state index contributed by atoms with van der Waals surface area (Å²) in [6.45, 7) is 2.20. The smallest absolute Gasteiger partial charge is 0.306 e. The molecule has 0 heterocycles. The largest absolute Gasteiger partial charge is 0.481 e. The number of carbonyl (C=O) groups is 2. The normalized spacial score (nSPS) is 13.0. The molecule has 3 aromatic carbocycles.